The first-order valence-electron chi connectivity index (χ1n) is 2.73. The number of rotatable bonds is 1. The van der Waals surface area contributed by atoms with Gasteiger partial charge in [0.15, 0.2) is 0 Å². The Bertz CT molecular complexity index is 128. The fourth-order valence-electron chi connectivity index (χ4n) is 0.855. The Labute approximate surface area is 54.0 Å². The van der Waals surface area contributed by atoms with Crippen LogP contribution in [0.25, 0.3) is 0 Å². The molecule has 1 nitrogen and oxygen atoms in total. The van der Waals surface area contributed by atoms with Gasteiger partial charge in [-0.05, 0) is 23.4 Å². The second-order valence-corrected chi connectivity index (χ2v) is 3.42. The summed E-state index contributed by atoms with van der Waals surface area (Å²) in [6.45, 7) is 4.11. The number of carbonyl (C=O) groups is 1. The second kappa shape index (κ2) is 1.47. The van der Waals surface area contributed by atoms with Gasteiger partial charge in [-0.15, -0.1) is 0 Å². The summed E-state index contributed by atoms with van der Waals surface area (Å²) in [6.07, 6.45) is 0.968. The first kappa shape index (κ1) is 6.09. The highest BCUT2D eigenvalue weighted by molar-refractivity contribution is 6.64. The summed E-state index contributed by atoms with van der Waals surface area (Å²) in [4.78, 5) is 10.4. The molecule has 0 unspecified atom stereocenters. The zero-order valence-electron chi connectivity index (χ0n) is 5.07. The average Bonchev–Trinajstić information content (AvgIpc) is 2.13. The Hall–Kier alpha value is -0.0400. The van der Waals surface area contributed by atoms with Crippen molar-refractivity contribution in [1.29, 1.82) is 0 Å². The summed E-state index contributed by atoms with van der Waals surface area (Å²) in [7, 11) is 0. The number of hydrogen-bond donors (Lipinski definition) is 0. The van der Waals surface area contributed by atoms with Gasteiger partial charge in [0, 0.05) is 5.92 Å². The van der Waals surface area contributed by atoms with Crippen LogP contribution in [0.4, 0.5) is 0 Å². The Morgan fingerprint density at radius 1 is 1.75 bits per heavy atom. The van der Waals surface area contributed by atoms with Crippen LogP contribution >= 0.6 is 11.6 Å². The Balaban J connectivity index is 2.48. The predicted molar refractivity (Wildman–Crippen MR) is 32.7 cm³/mol. The van der Waals surface area contributed by atoms with Crippen molar-refractivity contribution in [2.45, 2.75) is 20.3 Å². The van der Waals surface area contributed by atoms with Crippen LogP contribution < -0.4 is 0 Å². The Morgan fingerprint density at radius 2 is 2.12 bits per heavy atom. The van der Waals surface area contributed by atoms with Crippen molar-refractivity contribution < 1.29 is 4.79 Å². The Morgan fingerprint density at radius 3 is 2.12 bits per heavy atom. The van der Waals surface area contributed by atoms with E-state index in [0.29, 0.717) is 0 Å². The molecule has 1 aliphatic carbocycles. The molecular weight excluding hydrogens is 124 g/mol. The maximum Gasteiger partial charge on any atom is 0.225 e. The van der Waals surface area contributed by atoms with Crippen molar-refractivity contribution in [3.63, 3.8) is 0 Å². The third-order valence-electron chi connectivity index (χ3n) is 1.79. The fraction of sp³-hybridized carbons (Fsp3) is 0.833. The van der Waals surface area contributed by atoms with E-state index in [1.54, 1.807) is 0 Å². The van der Waals surface area contributed by atoms with E-state index in [1.165, 1.54) is 0 Å². The van der Waals surface area contributed by atoms with Crippen molar-refractivity contribution in [3.05, 3.63) is 0 Å². The summed E-state index contributed by atoms with van der Waals surface area (Å²) in [5.74, 6) is 0.143. The van der Waals surface area contributed by atoms with E-state index in [4.69, 9.17) is 11.6 Å². The van der Waals surface area contributed by atoms with Crippen molar-refractivity contribution >= 4 is 16.8 Å². The van der Waals surface area contributed by atoms with Gasteiger partial charge < -0.3 is 0 Å². The lowest BCUT2D eigenvalue weighted by Crippen LogP contribution is -1.96. The number of halogens is 1. The molecule has 0 aromatic rings. The standard InChI is InChI=1S/C6H9ClO/c1-6(2)3-4(6)5(7)8/h4H,3H2,1-2H3/t4-/m1/s1. The molecule has 0 amide bonds. The van der Waals surface area contributed by atoms with Gasteiger partial charge in [-0.3, -0.25) is 4.79 Å². The van der Waals surface area contributed by atoms with Crippen LogP contribution in [0.2, 0.25) is 0 Å². The topological polar surface area (TPSA) is 17.1 Å². The molecule has 0 aromatic carbocycles. The molecule has 1 atom stereocenters. The van der Waals surface area contributed by atoms with E-state index >= 15 is 0 Å². The summed E-state index contributed by atoms with van der Waals surface area (Å²) >= 11 is 5.22. The molecule has 0 aromatic heterocycles. The summed E-state index contributed by atoms with van der Waals surface area (Å²) in [5, 5.41) is -0.171. The zero-order chi connectivity index (χ0) is 6.36. The van der Waals surface area contributed by atoms with E-state index in [1.807, 2.05) is 0 Å². The van der Waals surface area contributed by atoms with Gasteiger partial charge in [0.05, 0.1) is 0 Å². The highest BCUT2D eigenvalue weighted by Gasteiger charge is 2.49. The third kappa shape index (κ3) is 0.873. The van der Waals surface area contributed by atoms with Gasteiger partial charge in [0.2, 0.25) is 5.24 Å². The van der Waals surface area contributed by atoms with Crippen LogP contribution in [-0.4, -0.2) is 5.24 Å². The molecule has 1 aliphatic rings. The minimum atomic E-state index is -0.171. The predicted octanol–water partition coefficient (Wildman–Crippen LogP) is 1.80. The quantitative estimate of drug-likeness (QED) is 0.498. The highest BCUT2D eigenvalue weighted by Crippen LogP contribution is 2.52. The largest absolute Gasteiger partial charge is 0.281 e. The summed E-state index contributed by atoms with van der Waals surface area (Å²) in [5.41, 5.74) is 0.207. The maximum absolute atomic E-state index is 10.4. The molecule has 1 saturated carbocycles. The van der Waals surface area contributed by atoms with Gasteiger partial charge >= 0.3 is 0 Å². The molecule has 0 radical (unpaired) electrons. The molecule has 1 fully saturated rings. The summed E-state index contributed by atoms with van der Waals surface area (Å²) < 4.78 is 0. The fourth-order valence-corrected chi connectivity index (χ4v) is 1.23. The normalized spacial score (nSPS) is 32.1. The van der Waals surface area contributed by atoms with Crippen LogP contribution in [0.5, 0.6) is 0 Å². The molecule has 8 heavy (non-hydrogen) atoms. The van der Waals surface area contributed by atoms with E-state index < -0.39 is 0 Å². The van der Waals surface area contributed by atoms with E-state index in [-0.39, 0.29) is 16.6 Å². The molecule has 0 heterocycles. The second-order valence-electron chi connectivity index (χ2n) is 3.05. The lowest BCUT2D eigenvalue weighted by molar-refractivity contribution is -0.113. The molecule has 0 spiro atoms. The lowest BCUT2D eigenvalue weighted by atomic mass is 10.1. The van der Waals surface area contributed by atoms with Crippen LogP contribution in [-0.2, 0) is 4.79 Å². The van der Waals surface area contributed by atoms with E-state index in [0.717, 1.165) is 6.42 Å². The number of carbonyl (C=O) groups excluding carboxylic acids is 1. The van der Waals surface area contributed by atoms with Gasteiger partial charge in [-0.25, -0.2) is 0 Å². The van der Waals surface area contributed by atoms with Crippen LogP contribution in [0, 0.1) is 11.3 Å². The summed E-state index contributed by atoms with van der Waals surface area (Å²) in [6, 6.07) is 0. The van der Waals surface area contributed by atoms with Gasteiger partial charge in [0.25, 0.3) is 0 Å². The van der Waals surface area contributed by atoms with Crippen molar-refractivity contribution in [2.24, 2.45) is 11.3 Å². The number of hydrogen-bond acceptors (Lipinski definition) is 1. The van der Waals surface area contributed by atoms with Gasteiger partial charge in [-0.1, -0.05) is 13.8 Å². The van der Waals surface area contributed by atoms with Crippen LogP contribution in [0.1, 0.15) is 20.3 Å². The minimum Gasteiger partial charge on any atom is -0.281 e. The van der Waals surface area contributed by atoms with Gasteiger partial charge in [0.1, 0.15) is 0 Å². The minimum absolute atomic E-state index is 0.143. The third-order valence-corrected chi connectivity index (χ3v) is 2.05. The molecule has 0 N–H and O–H groups in total. The SMILES string of the molecule is CC1(C)C[C@@H]1C(=O)Cl. The molecule has 0 bridgehead atoms. The molecule has 2 heteroatoms. The molecular formula is C6H9ClO. The van der Waals surface area contributed by atoms with Crippen molar-refractivity contribution in [3.8, 4) is 0 Å². The molecule has 46 valence electrons. The average molecular weight is 133 g/mol. The van der Waals surface area contributed by atoms with Crippen LogP contribution in [0.15, 0.2) is 0 Å². The maximum atomic E-state index is 10.4. The van der Waals surface area contributed by atoms with Crippen LogP contribution in [0.3, 0.4) is 0 Å². The smallest absolute Gasteiger partial charge is 0.225 e. The van der Waals surface area contributed by atoms with Gasteiger partial charge in [-0.2, -0.15) is 0 Å². The monoisotopic (exact) mass is 132 g/mol. The zero-order valence-corrected chi connectivity index (χ0v) is 5.83. The molecule has 0 aliphatic heterocycles. The highest BCUT2D eigenvalue weighted by atomic mass is 35.5. The van der Waals surface area contributed by atoms with Crippen molar-refractivity contribution in [1.82, 2.24) is 0 Å². The molecule has 0 saturated heterocycles. The Kier molecular flexibility index (Phi) is 1.12. The molecule has 1 rings (SSSR count). The lowest BCUT2D eigenvalue weighted by Gasteiger charge is -1.94. The first-order valence-corrected chi connectivity index (χ1v) is 3.11. The van der Waals surface area contributed by atoms with Crippen molar-refractivity contribution in [2.75, 3.05) is 0 Å². The van der Waals surface area contributed by atoms with E-state index in [9.17, 15) is 4.79 Å². The van der Waals surface area contributed by atoms with E-state index in [2.05, 4.69) is 13.8 Å². The first-order chi connectivity index (χ1) is 3.54.